The summed E-state index contributed by atoms with van der Waals surface area (Å²) in [6, 6.07) is 6.65. The van der Waals surface area contributed by atoms with Crippen molar-refractivity contribution in [3.8, 4) is 10.6 Å². The molecule has 1 aromatic carbocycles. The lowest BCUT2D eigenvalue weighted by Crippen LogP contribution is -2.46. The van der Waals surface area contributed by atoms with Gasteiger partial charge in [-0.25, -0.2) is 9.37 Å². The number of hydrazine groups is 1. The molecule has 0 bridgehead atoms. The summed E-state index contributed by atoms with van der Waals surface area (Å²) in [6.45, 7) is 3.99. The average molecular weight is 320 g/mol. The number of carbonyl (C=O) groups excluding carboxylic acids is 1. The Morgan fingerprint density at radius 1 is 1.27 bits per heavy atom. The molecule has 1 aliphatic heterocycles. The van der Waals surface area contributed by atoms with Gasteiger partial charge in [-0.05, 0) is 26.0 Å². The summed E-state index contributed by atoms with van der Waals surface area (Å²) in [5.74, 6) is -0.580. The molecule has 1 amide bonds. The van der Waals surface area contributed by atoms with E-state index >= 15 is 0 Å². The predicted octanol–water partition coefficient (Wildman–Crippen LogP) is 1.93. The number of carbonyl (C=O) groups is 1. The van der Waals surface area contributed by atoms with E-state index in [0.717, 1.165) is 0 Å². The van der Waals surface area contributed by atoms with Crippen LogP contribution in [0.3, 0.4) is 0 Å². The molecule has 0 spiro atoms. The maximum atomic E-state index is 13.8. The minimum Gasteiger partial charge on any atom is -0.345 e. The summed E-state index contributed by atoms with van der Waals surface area (Å²) < 4.78 is 13.8. The van der Waals surface area contributed by atoms with E-state index in [1.165, 1.54) is 17.4 Å². The lowest BCUT2D eigenvalue weighted by Gasteiger charge is -2.18. The normalized spacial score (nSPS) is 24.4. The lowest BCUT2D eigenvalue weighted by atomic mass is 10.1. The molecule has 2 unspecified atom stereocenters. The molecular weight excluding hydrogens is 303 g/mol. The fraction of sp³-hybridized carbons (Fsp3) is 0.333. The third-order valence-corrected chi connectivity index (χ3v) is 4.63. The number of nitrogens with one attached hydrogen (secondary N) is 3. The third kappa shape index (κ3) is 2.87. The number of nitrogens with zero attached hydrogens (tertiary/aromatic N) is 1. The van der Waals surface area contributed by atoms with Gasteiger partial charge in [-0.15, -0.1) is 11.3 Å². The van der Waals surface area contributed by atoms with Gasteiger partial charge in [0.1, 0.15) is 16.5 Å². The lowest BCUT2D eigenvalue weighted by molar-refractivity contribution is 0.0927. The van der Waals surface area contributed by atoms with Gasteiger partial charge >= 0.3 is 0 Å². The van der Waals surface area contributed by atoms with E-state index in [4.69, 9.17) is 0 Å². The summed E-state index contributed by atoms with van der Waals surface area (Å²) >= 11 is 1.26. The van der Waals surface area contributed by atoms with Crippen LogP contribution in [0.4, 0.5) is 4.39 Å². The molecule has 3 N–H and O–H groups in total. The van der Waals surface area contributed by atoms with Gasteiger partial charge < -0.3 is 5.32 Å². The molecule has 0 aliphatic carbocycles. The Morgan fingerprint density at radius 3 is 2.64 bits per heavy atom. The highest BCUT2D eigenvalue weighted by molar-refractivity contribution is 7.13. The Bertz CT molecular complexity index is 680. The zero-order valence-electron chi connectivity index (χ0n) is 12.3. The minimum absolute atomic E-state index is 0.0221. The van der Waals surface area contributed by atoms with E-state index in [1.54, 1.807) is 23.6 Å². The highest BCUT2D eigenvalue weighted by atomic mass is 32.1. The zero-order chi connectivity index (χ0) is 15.7. The van der Waals surface area contributed by atoms with Crippen molar-refractivity contribution >= 4 is 17.2 Å². The van der Waals surface area contributed by atoms with Gasteiger partial charge in [0, 0.05) is 23.0 Å². The topological polar surface area (TPSA) is 66.0 Å². The van der Waals surface area contributed by atoms with E-state index in [2.05, 4.69) is 21.2 Å². The highest BCUT2D eigenvalue weighted by Gasteiger charge is 2.31. The second-order valence-electron chi connectivity index (χ2n) is 5.38. The van der Waals surface area contributed by atoms with Crippen LogP contribution in [-0.2, 0) is 0 Å². The van der Waals surface area contributed by atoms with Crippen LogP contribution in [0.2, 0.25) is 0 Å². The molecule has 2 heterocycles. The summed E-state index contributed by atoms with van der Waals surface area (Å²) in [7, 11) is 0. The fourth-order valence-corrected chi connectivity index (χ4v) is 3.31. The molecule has 2 aromatic rings. The molecule has 1 aliphatic rings. The number of thiazole rings is 1. The maximum absolute atomic E-state index is 13.8. The van der Waals surface area contributed by atoms with Crippen molar-refractivity contribution in [1.82, 2.24) is 21.2 Å². The quantitative estimate of drug-likeness (QED) is 0.808. The molecule has 2 atom stereocenters. The van der Waals surface area contributed by atoms with Crippen LogP contribution in [-0.4, -0.2) is 29.0 Å². The number of benzene rings is 1. The predicted molar refractivity (Wildman–Crippen MR) is 84.0 cm³/mol. The van der Waals surface area contributed by atoms with Crippen LogP contribution in [0, 0.1) is 5.82 Å². The van der Waals surface area contributed by atoms with Gasteiger partial charge in [0.2, 0.25) is 0 Å². The molecule has 5 nitrogen and oxygen atoms in total. The van der Waals surface area contributed by atoms with Crippen molar-refractivity contribution in [2.75, 3.05) is 0 Å². The van der Waals surface area contributed by atoms with Crippen LogP contribution in [0.5, 0.6) is 0 Å². The fourth-order valence-electron chi connectivity index (χ4n) is 2.49. The Morgan fingerprint density at radius 2 is 1.95 bits per heavy atom. The molecule has 1 aromatic heterocycles. The number of rotatable bonds is 3. The van der Waals surface area contributed by atoms with Crippen LogP contribution >= 0.6 is 11.3 Å². The van der Waals surface area contributed by atoms with E-state index in [-0.39, 0.29) is 29.8 Å². The van der Waals surface area contributed by atoms with E-state index in [1.807, 2.05) is 13.8 Å². The summed E-state index contributed by atoms with van der Waals surface area (Å²) in [6.07, 6.45) is 0. The maximum Gasteiger partial charge on any atom is 0.271 e. The van der Waals surface area contributed by atoms with Crippen LogP contribution in [0.15, 0.2) is 29.6 Å². The first-order chi connectivity index (χ1) is 10.6. The summed E-state index contributed by atoms with van der Waals surface area (Å²) in [4.78, 5) is 16.6. The van der Waals surface area contributed by atoms with Crippen molar-refractivity contribution in [2.24, 2.45) is 0 Å². The van der Waals surface area contributed by atoms with Gasteiger partial charge in [-0.1, -0.05) is 12.1 Å². The van der Waals surface area contributed by atoms with Gasteiger partial charge in [0.05, 0.1) is 6.04 Å². The molecule has 1 saturated heterocycles. The molecule has 1 fully saturated rings. The smallest absolute Gasteiger partial charge is 0.271 e. The zero-order valence-corrected chi connectivity index (χ0v) is 13.1. The second kappa shape index (κ2) is 6.12. The van der Waals surface area contributed by atoms with Crippen LogP contribution in [0.1, 0.15) is 24.3 Å². The number of aromatic nitrogens is 1. The van der Waals surface area contributed by atoms with Crippen molar-refractivity contribution in [3.63, 3.8) is 0 Å². The molecule has 7 heteroatoms. The van der Waals surface area contributed by atoms with E-state index in [0.29, 0.717) is 16.3 Å². The third-order valence-electron chi connectivity index (χ3n) is 3.75. The van der Waals surface area contributed by atoms with Crippen LogP contribution < -0.4 is 16.2 Å². The molecule has 3 rings (SSSR count). The summed E-state index contributed by atoms with van der Waals surface area (Å²) in [5, 5.41) is 5.12. The first-order valence-corrected chi connectivity index (χ1v) is 7.96. The molecule has 116 valence electrons. The van der Waals surface area contributed by atoms with E-state index < -0.39 is 0 Å². The van der Waals surface area contributed by atoms with E-state index in [9.17, 15) is 9.18 Å². The first kappa shape index (κ1) is 15.1. The number of halogens is 1. The second-order valence-corrected chi connectivity index (χ2v) is 6.24. The largest absolute Gasteiger partial charge is 0.345 e. The average Bonchev–Trinajstić information content (AvgIpc) is 3.10. The van der Waals surface area contributed by atoms with Gasteiger partial charge in [-0.2, -0.15) is 0 Å². The Kier molecular flexibility index (Phi) is 4.19. The minimum atomic E-state index is -0.338. The summed E-state index contributed by atoms with van der Waals surface area (Å²) in [5.41, 5.74) is 6.89. The molecule has 22 heavy (non-hydrogen) atoms. The number of amides is 1. The monoisotopic (exact) mass is 320 g/mol. The van der Waals surface area contributed by atoms with Crippen molar-refractivity contribution in [3.05, 3.63) is 41.2 Å². The molecular formula is C15H17FN4OS. The Balaban J connectivity index is 1.76. The number of hydrogen-bond acceptors (Lipinski definition) is 5. The first-order valence-electron chi connectivity index (χ1n) is 7.08. The molecule has 0 saturated carbocycles. The highest BCUT2D eigenvalue weighted by Crippen LogP contribution is 2.26. The Labute approximate surface area is 131 Å². The van der Waals surface area contributed by atoms with Gasteiger partial charge in [0.25, 0.3) is 5.91 Å². The van der Waals surface area contributed by atoms with Crippen molar-refractivity contribution < 1.29 is 9.18 Å². The van der Waals surface area contributed by atoms with Crippen molar-refractivity contribution in [1.29, 1.82) is 0 Å². The molecule has 0 radical (unpaired) electrons. The van der Waals surface area contributed by atoms with Gasteiger partial charge in [-0.3, -0.25) is 15.6 Å². The number of hydrogen-bond donors (Lipinski definition) is 3. The standard InChI is InChI=1S/C15H17FN4OS/c1-8-13(9(2)20-19-8)18-14(21)12-7-22-15(17-12)10-5-3-4-6-11(10)16/h3-9,13,19-20H,1-2H3,(H,18,21). The Hall–Kier alpha value is -1.83. The SMILES string of the molecule is CC1NNC(C)C1NC(=O)c1csc(-c2ccccc2F)n1. The van der Waals surface area contributed by atoms with Crippen molar-refractivity contribution in [2.45, 2.75) is 32.0 Å². The van der Waals surface area contributed by atoms with Crippen LogP contribution in [0.25, 0.3) is 10.6 Å². The van der Waals surface area contributed by atoms with Gasteiger partial charge in [0.15, 0.2) is 0 Å².